The van der Waals surface area contributed by atoms with Gasteiger partial charge in [0.2, 0.25) is 0 Å². The number of nitrogens with one attached hydrogen (secondary N) is 2. The van der Waals surface area contributed by atoms with Gasteiger partial charge >= 0.3 is 6.03 Å². The molecule has 0 bridgehead atoms. The summed E-state index contributed by atoms with van der Waals surface area (Å²) in [6, 6.07) is 14.3. The summed E-state index contributed by atoms with van der Waals surface area (Å²) in [7, 11) is 1.56. The minimum Gasteiger partial charge on any atom is -0.496 e. The fourth-order valence-electron chi connectivity index (χ4n) is 4.10. The third kappa shape index (κ3) is 3.22. The van der Waals surface area contributed by atoms with E-state index in [9.17, 15) is 14.4 Å². The average molecular weight is 405 g/mol. The molecule has 3 amide bonds. The summed E-state index contributed by atoms with van der Waals surface area (Å²) in [4.78, 5) is 43.0. The Bertz CT molecular complexity index is 1170. The smallest absolute Gasteiger partial charge is 0.325 e. The minimum absolute atomic E-state index is 0.262. The van der Waals surface area contributed by atoms with Crippen LogP contribution in [0.25, 0.3) is 10.9 Å². The van der Waals surface area contributed by atoms with Crippen molar-refractivity contribution in [2.45, 2.75) is 25.8 Å². The lowest BCUT2D eigenvalue weighted by atomic mass is 9.92. The number of fused-ring (bicyclic) bond motifs is 1. The van der Waals surface area contributed by atoms with E-state index in [1.54, 1.807) is 20.1 Å². The Labute approximate surface area is 174 Å². The van der Waals surface area contributed by atoms with Crippen molar-refractivity contribution in [3.63, 3.8) is 0 Å². The van der Waals surface area contributed by atoms with Crippen molar-refractivity contribution in [1.82, 2.24) is 15.2 Å². The number of carbonyl (C=O) groups is 3. The highest BCUT2D eigenvalue weighted by Gasteiger charge is 2.48. The molecule has 0 radical (unpaired) electrons. The zero-order valence-corrected chi connectivity index (χ0v) is 17.1. The minimum atomic E-state index is -1.15. The number of Topliss-reactive ketones (excluding diaryl/α,β-unsaturated/α-hetero) is 1. The lowest BCUT2D eigenvalue weighted by molar-refractivity contribution is -0.130. The van der Waals surface area contributed by atoms with Gasteiger partial charge in [-0.15, -0.1) is 0 Å². The second-order valence-corrected chi connectivity index (χ2v) is 7.74. The van der Waals surface area contributed by atoms with Crippen LogP contribution < -0.4 is 10.1 Å². The number of aromatic amines is 1. The monoisotopic (exact) mass is 405 g/mol. The number of nitrogens with zero attached hydrogens (tertiary/aromatic N) is 1. The third-order valence-electron chi connectivity index (χ3n) is 5.56. The molecule has 3 aromatic rings. The number of urea groups is 1. The largest absolute Gasteiger partial charge is 0.496 e. The first kappa shape index (κ1) is 19.7. The number of carbonyl (C=O) groups excluding carboxylic acids is 3. The van der Waals surface area contributed by atoms with Crippen LogP contribution in [0, 0.1) is 6.92 Å². The number of amides is 3. The number of aryl methyl sites for hydroxylation is 1. The van der Waals surface area contributed by atoms with Crippen LogP contribution >= 0.6 is 0 Å². The first-order chi connectivity index (χ1) is 14.3. The Morgan fingerprint density at radius 3 is 2.57 bits per heavy atom. The van der Waals surface area contributed by atoms with Crippen LogP contribution in [0.15, 0.2) is 48.5 Å². The van der Waals surface area contributed by atoms with Crippen LogP contribution in [0.2, 0.25) is 0 Å². The van der Waals surface area contributed by atoms with Crippen LogP contribution in [0.3, 0.4) is 0 Å². The van der Waals surface area contributed by atoms with E-state index in [0.29, 0.717) is 17.0 Å². The van der Waals surface area contributed by atoms with Crippen LogP contribution in [0.1, 0.15) is 28.5 Å². The predicted octanol–water partition coefficient (Wildman–Crippen LogP) is 3.22. The molecule has 1 aromatic heterocycles. The van der Waals surface area contributed by atoms with Gasteiger partial charge in [0.1, 0.15) is 11.3 Å². The molecule has 1 saturated heterocycles. The summed E-state index contributed by atoms with van der Waals surface area (Å²) in [5, 5.41) is 3.54. The van der Waals surface area contributed by atoms with Gasteiger partial charge in [-0.3, -0.25) is 14.5 Å². The van der Waals surface area contributed by atoms with Gasteiger partial charge in [-0.2, -0.15) is 0 Å². The first-order valence-electron chi connectivity index (χ1n) is 9.70. The van der Waals surface area contributed by atoms with Crippen molar-refractivity contribution in [3.8, 4) is 5.75 Å². The maximum absolute atomic E-state index is 13.1. The van der Waals surface area contributed by atoms with Gasteiger partial charge in [0.25, 0.3) is 5.91 Å². The number of imide groups is 1. The van der Waals surface area contributed by atoms with E-state index < -0.39 is 17.5 Å². The van der Waals surface area contributed by atoms with Crippen molar-refractivity contribution in [1.29, 1.82) is 0 Å². The number of benzene rings is 2. The summed E-state index contributed by atoms with van der Waals surface area (Å²) >= 11 is 0. The fraction of sp³-hybridized carbons (Fsp3) is 0.261. The van der Waals surface area contributed by atoms with Crippen LogP contribution in [-0.2, 0) is 11.2 Å². The molecule has 1 fully saturated rings. The average Bonchev–Trinajstić information content (AvgIpc) is 3.16. The summed E-state index contributed by atoms with van der Waals surface area (Å²) in [6.07, 6.45) is 0.262. The maximum Gasteiger partial charge on any atom is 0.325 e. The Morgan fingerprint density at radius 1 is 1.10 bits per heavy atom. The lowest BCUT2D eigenvalue weighted by Gasteiger charge is -2.22. The number of methoxy groups -OCH3 is 1. The molecule has 4 rings (SSSR count). The molecule has 0 spiro atoms. The zero-order valence-electron chi connectivity index (χ0n) is 17.1. The maximum atomic E-state index is 13.1. The molecule has 7 nitrogen and oxygen atoms in total. The number of H-pyrrole nitrogens is 1. The van der Waals surface area contributed by atoms with Crippen LogP contribution in [0.5, 0.6) is 5.75 Å². The van der Waals surface area contributed by atoms with E-state index in [-0.39, 0.29) is 18.7 Å². The van der Waals surface area contributed by atoms with E-state index in [1.165, 1.54) is 0 Å². The molecule has 30 heavy (non-hydrogen) atoms. The van der Waals surface area contributed by atoms with E-state index >= 15 is 0 Å². The number of aromatic nitrogens is 1. The molecule has 154 valence electrons. The molecule has 1 aliphatic rings. The molecular formula is C23H23N3O4. The second kappa shape index (κ2) is 7.33. The predicted molar refractivity (Wildman–Crippen MR) is 113 cm³/mol. The van der Waals surface area contributed by atoms with Gasteiger partial charge in [-0.05, 0) is 31.5 Å². The summed E-state index contributed by atoms with van der Waals surface area (Å²) < 4.78 is 5.36. The summed E-state index contributed by atoms with van der Waals surface area (Å²) in [5.41, 5.74) is 1.71. The van der Waals surface area contributed by atoms with Crippen molar-refractivity contribution < 1.29 is 19.1 Å². The van der Waals surface area contributed by atoms with Crippen molar-refractivity contribution in [2.24, 2.45) is 0 Å². The zero-order chi connectivity index (χ0) is 21.5. The Morgan fingerprint density at radius 2 is 1.80 bits per heavy atom. The molecule has 0 unspecified atom stereocenters. The van der Waals surface area contributed by atoms with Crippen molar-refractivity contribution in [3.05, 3.63) is 65.4 Å². The number of ether oxygens (including phenoxy) is 1. The van der Waals surface area contributed by atoms with Gasteiger partial charge in [0.15, 0.2) is 5.78 Å². The molecule has 1 atom stereocenters. The van der Waals surface area contributed by atoms with Crippen LogP contribution in [0.4, 0.5) is 4.79 Å². The highest BCUT2D eigenvalue weighted by atomic mass is 16.5. The molecule has 7 heteroatoms. The highest BCUT2D eigenvalue weighted by Crippen LogP contribution is 2.28. The van der Waals surface area contributed by atoms with Gasteiger partial charge in [0.05, 0.1) is 13.7 Å². The number of hydrogen-bond donors (Lipinski definition) is 2. The molecule has 2 N–H and O–H groups in total. The molecular weight excluding hydrogens is 382 g/mol. The number of rotatable bonds is 6. The summed E-state index contributed by atoms with van der Waals surface area (Å²) in [6.45, 7) is 3.17. The first-order valence-corrected chi connectivity index (χ1v) is 9.70. The Balaban J connectivity index is 1.58. The molecule has 2 heterocycles. The van der Waals surface area contributed by atoms with E-state index in [1.807, 2.05) is 49.4 Å². The van der Waals surface area contributed by atoms with Crippen molar-refractivity contribution in [2.75, 3.05) is 13.7 Å². The van der Waals surface area contributed by atoms with Crippen LogP contribution in [-0.4, -0.2) is 46.8 Å². The van der Waals surface area contributed by atoms with Gasteiger partial charge in [0, 0.05) is 28.6 Å². The number of hydrogen-bond acceptors (Lipinski definition) is 4. The highest BCUT2D eigenvalue weighted by molar-refractivity contribution is 6.15. The second-order valence-electron chi connectivity index (χ2n) is 7.74. The van der Waals surface area contributed by atoms with E-state index in [0.717, 1.165) is 21.4 Å². The summed E-state index contributed by atoms with van der Waals surface area (Å²) in [5.74, 6) is -0.0658. The SMILES string of the molecule is COc1ccccc1C[C@]1(C)NC(=O)N(CC(=O)c2c(C)[nH]c3ccccc23)C1=O. The number of para-hydroxylation sites is 2. The molecule has 0 saturated carbocycles. The van der Waals surface area contributed by atoms with E-state index in [2.05, 4.69) is 10.3 Å². The quantitative estimate of drug-likeness (QED) is 0.487. The fourth-order valence-corrected chi connectivity index (χ4v) is 4.10. The Hall–Kier alpha value is -3.61. The van der Waals surface area contributed by atoms with Crippen molar-refractivity contribution >= 4 is 28.6 Å². The van der Waals surface area contributed by atoms with Gasteiger partial charge in [-0.25, -0.2) is 4.79 Å². The Kier molecular flexibility index (Phi) is 4.81. The standard InChI is InChI=1S/C23H23N3O4/c1-14-20(16-9-5-6-10-17(16)24-14)18(27)13-26-21(28)23(2,25-22(26)29)12-15-8-4-7-11-19(15)30-3/h4-11,24H,12-13H2,1-3H3,(H,25,29)/t23-/m0/s1. The van der Waals surface area contributed by atoms with E-state index in [4.69, 9.17) is 4.74 Å². The van der Waals surface area contributed by atoms with Gasteiger partial charge in [-0.1, -0.05) is 36.4 Å². The molecule has 0 aliphatic carbocycles. The van der Waals surface area contributed by atoms with Gasteiger partial charge < -0.3 is 15.0 Å². The normalized spacial score (nSPS) is 18.7. The lowest BCUT2D eigenvalue weighted by Crippen LogP contribution is -2.46. The molecule has 1 aliphatic heterocycles. The topological polar surface area (TPSA) is 91.5 Å². The third-order valence-corrected chi connectivity index (χ3v) is 5.56. The number of ketones is 1. The molecule has 2 aromatic carbocycles.